The highest BCUT2D eigenvalue weighted by molar-refractivity contribution is 9.10. The molecule has 1 aliphatic rings. The van der Waals surface area contributed by atoms with Crippen molar-refractivity contribution in [1.82, 2.24) is 0 Å². The van der Waals surface area contributed by atoms with Crippen molar-refractivity contribution in [2.45, 2.75) is 18.7 Å². The van der Waals surface area contributed by atoms with Crippen molar-refractivity contribution in [3.8, 4) is 11.5 Å². The van der Waals surface area contributed by atoms with Gasteiger partial charge < -0.3 is 15.2 Å². The van der Waals surface area contributed by atoms with Gasteiger partial charge in [-0.15, -0.1) is 0 Å². The molecule has 17 heavy (non-hydrogen) atoms. The van der Waals surface area contributed by atoms with Crippen LogP contribution in [0, 0.1) is 0 Å². The van der Waals surface area contributed by atoms with Gasteiger partial charge in [-0.1, -0.05) is 15.9 Å². The molecule has 94 valence electrons. The van der Waals surface area contributed by atoms with Crippen LogP contribution >= 0.6 is 27.7 Å². The summed E-state index contributed by atoms with van der Waals surface area (Å²) >= 11 is 5.39. The van der Waals surface area contributed by atoms with E-state index in [0.717, 1.165) is 27.5 Å². The lowest BCUT2D eigenvalue weighted by molar-refractivity contribution is 0.171. The average molecular weight is 318 g/mol. The maximum atomic E-state index is 5.73. The molecule has 0 fully saturated rings. The number of ether oxygens (including phenoxy) is 2. The van der Waals surface area contributed by atoms with Gasteiger partial charge in [0.1, 0.15) is 13.2 Å². The van der Waals surface area contributed by atoms with Crippen LogP contribution in [0.1, 0.15) is 12.5 Å². The van der Waals surface area contributed by atoms with Gasteiger partial charge >= 0.3 is 0 Å². The summed E-state index contributed by atoms with van der Waals surface area (Å²) in [7, 11) is 0. The van der Waals surface area contributed by atoms with Gasteiger partial charge in [0.25, 0.3) is 0 Å². The lowest BCUT2D eigenvalue weighted by Crippen LogP contribution is -2.17. The molecule has 1 aliphatic heterocycles. The van der Waals surface area contributed by atoms with E-state index in [1.165, 1.54) is 5.56 Å². The lowest BCUT2D eigenvalue weighted by atomic mass is 10.2. The summed E-state index contributed by atoms with van der Waals surface area (Å²) < 4.78 is 12.2. The van der Waals surface area contributed by atoms with Crippen LogP contribution in [0.4, 0.5) is 0 Å². The summed E-state index contributed by atoms with van der Waals surface area (Å²) in [5.41, 5.74) is 6.95. The third kappa shape index (κ3) is 3.53. The Morgan fingerprint density at radius 2 is 2.00 bits per heavy atom. The molecule has 1 aromatic carbocycles. The monoisotopic (exact) mass is 317 g/mol. The van der Waals surface area contributed by atoms with Crippen LogP contribution in [-0.2, 0) is 5.75 Å². The first-order valence-electron chi connectivity index (χ1n) is 5.58. The van der Waals surface area contributed by atoms with Gasteiger partial charge in [0.05, 0.1) is 0 Å². The van der Waals surface area contributed by atoms with Crippen LogP contribution in [0.5, 0.6) is 11.5 Å². The van der Waals surface area contributed by atoms with Crippen molar-refractivity contribution >= 4 is 27.7 Å². The Morgan fingerprint density at radius 3 is 2.65 bits per heavy atom. The summed E-state index contributed by atoms with van der Waals surface area (Å²) in [6.07, 6.45) is 0. The smallest absolute Gasteiger partial charge is 0.162 e. The van der Waals surface area contributed by atoms with Crippen molar-refractivity contribution in [1.29, 1.82) is 0 Å². The number of benzene rings is 1. The van der Waals surface area contributed by atoms with Gasteiger partial charge in [-0.25, -0.2) is 0 Å². The molecule has 0 saturated heterocycles. The highest BCUT2D eigenvalue weighted by Crippen LogP contribution is 2.36. The summed E-state index contributed by atoms with van der Waals surface area (Å²) in [6, 6.07) is 4.26. The van der Waals surface area contributed by atoms with Gasteiger partial charge in [-0.2, -0.15) is 11.8 Å². The van der Waals surface area contributed by atoms with Gasteiger partial charge in [0.2, 0.25) is 0 Å². The third-order valence-corrected chi connectivity index (χ3v) is 4.36. The zero-order valence-corrected chi connectivity index (χ0v) is 12.1. The van der Waals surface area contributed by atoms with E-state index in [-0.39, 0.29) is 6.04 Å². The maximum absolute atomic E-state index is 5.73. The highest BCUT2D eigenvalue weighted by atomic mass is 79.9. The van der Waals surface area contributed by atoms with E-state index in [4.69, 9.17) is 15.2 Å². The molecule has 5 heteroatoms. The first kappa shape index (κ1) is 13.1. The van der Waals surface area contributed by atoms with Crippen LogP contribution in [0.15, 0.2) is 16.6 Å². The van der Waals surface area contributed by atoms with Crippen LogP contribution in [0.3, 0.4) is 0 Å². The van der Waals surface area contributed by atoms with Crippen molar-refractivity contribution in [2.24, 2.45) is 5.73 Å². The fourth-order valence-electron chi connectivity index (χ4n) is 1.57. The number of rotatable bonds is 4. The average Bonchev–Trinajstić information content (AvgIpc) is 2.29. The largest absolute Gasteiger partial charge is 0.486 e. The highest BCUT2D eigenvalue weighted by Gasteiger charge is 2.14. The standard InChI is InChI=1S/C12H16BrNO2S/c1-8(14)6-17-7-9-4-11-12(5-10(9)13)16-3-2-15-11/h4-5,8H,2-3,6-7,14H2,1H3. The number of hydrogen-bond donors (Lipinski definition) is 1. The van der Waals surface area contributed by atoms with Crippen LogP contribution in [-0.4, -0.2) is 25.0 Å². The van der Waals surface area contributed by atoms with Gasteiger partial charge in [-0.05, 0) is 24.6 Å². The molecule has 3 nitrogen and oxygen atoms in total. The Labute approximate surface area is 114 Å². The van der Waals surface area contributed by atoms with Crippen molar-refractivity contribution in [3.05, 3.63) is 22.2 Å². The van der Waals surface area contributed by atoms with E-state index in [9.17, 15) is 0 Å². The second kappa shape index (κ2) is 5.98. The maximum Gasteiger partial charge on any atom is 0.162 e. The van der Waals surface area contributed by atoms with E-state index in [2.05, 4.69) is 15.9 Å². The van der Waals surface area contributed by atoms with Crippen LogP contribution in [0.2, 0.25) is 0 Å². The molecule has 0 aliphatic carbocycles. The molecule has 1 heterocycles. The number of fused-ring (bicyclic) bond motifs is 1. The molecule has 1 unspecified atom stereocenters. The van der Waals surface area contributed by atoms with Gasteiger partial charge in [-0.3, -0.25) is 0 Å². The fraction of sp³-hybridized carbons (Fsp3) is 0.500. The number of hydrogen-bond acceptors (Lipinski definition) is 4. The zero-order chi connectivity index (χ0) is 12.3. The SMILES string of the molecule is CC(N)CSCc1cc2c(cc1Br)OCCO2. The van der Waals surface area contributed by atoms with Crippen LogP contribution < -0.4 is 15.2 Å². The predicted octanol–water partition coefficient (Wildman–Crippen LogP) is 2.80. The molecule has 0 aromatic heterocycles. The summed E-state index contributed by atoms with van der Waals surface area (Å²) in [4.78, 5) is 0. The Morgan fingerprint density at radius 1 is 1.35 bits per heavy atom. The van der Waals surface area contributed by atoms with E-state index in [1.807, 2.05) is 30.8 Å². The molecule has 2 N–H and O–H groups in total. The molecule has 2 rings (SSSR count). The molecule has 0 radical (unpaired) electrons. The minimum atomic E-state index is 0.232. The Kier molecular flexibility index (Phi) is 4.59. The van der Waals surface area contributed by atoms with E-state index < -0.39 is 0 Å². The molecule has 1 aromatic rings. The fourth-order valence-corrected chi connectivity index (χ4v) is 3.17. The first-order valence-corrected chi connectivity index (χ1v) is 7.53. The molecule has 0 spiro atoms. The second-order valence-electron chi connectivity index (χ2n) is 4.08. The van der Waals surface area contributed by atoms with Crippen molar-refractivity contribution in [3.63, 3.8) is 0 Å². The summed E-state index contributed by atoms with van der Waals surface area (Å²) in [5, 5.41) is 0. The zero-order valence-electron chi connectivity index (χ0n) is 9.74. The predicted molar refractivity (Wildman–Crippen MR) is 74.9 cm³/mol. The van der Waals surface area contributed by atoms with E-state index in [0.29, 0.717) is 13.2 Å². The molecular weight excluding hydrogens is 302 g/mol. The van der Waals surface area contributed by atoms with Crippen molar-refractivity contribution in [2.75, 3.05) is 19.0 Å². The molecule has 0 bridgehead atoms. The number of halogens is 1. The van der Waals surface area contributed by atoms with E-state index in [1.54, 1.807) is 0 Å². The third-order valence-electron chi connectivity index (χ3n) is 2.35. The molecule has 0 amide bonds. The first-order chi connectivity index (χ1) is 8.16. The number of thioether (sulfide) groups is 1. The minimum absolute atomic E-state index is 0.232. The summed E-state index contributed by atoms with van der Waals surface area (Å²) in [5.74, 6) is 3.56. The Hall–Kier alpha value is -0.390. The number of nitrogens with two attached hydrogens (primary N) is 1. The van der Waals surface area contributed by atoms with Crippen LogP contribution in [0.25, 0.3) is 0 Å². The molecule has 1 atom stereocenters. The quantitative estimate of drug-likeness (QED) is 0.927. The minimum Gasteiger partial charge on any atom is -0.486 e. The van der Waals surface area contributed by atoms with Gasteiger partial charge in [0, 0.05) is 22.0 Å². The topological polar surface area (TPSA) is 44.5 Å². The van der Waals surface area contributed by atoms with E-state index >= 15 is 0 Å². The normalized spacial score (nSPS) is 15.7. The Bertz CT molecular complexity index is 398. The summed E-state index contributed by atoms with van der Waals surface area (Å²) in [6.45, 7) is 3.27. The molecular formula is C12H16BrNO2S. The Balaban J connectivity index is 2.06. The van der Waals surface area contributed by atoms with Gasteiger partial charge in [0.15, 0.2) is 11.5 Å². The second-order valence-corrected chi connectivity index (χ2v) is 5.96. The lowest BCUT2D eigenvalue weighted by Gasteiger charge is -2.20. The van der Waals surface area contributed by atoms with Crippen molar-refractivity contribution < 1.29 is 9.47 Å². The molecule has 0 saturated carbocycles.